The Morgan fingerprint density at radius 2 is 2.12 bits per heavy atom. The van der Waals surface area contributed by atoms with Crippen LogP contribution in [-0.4, -0.2) is 24.2 Å². The Hall–Kier alpha value is -1.42. The van der Waals surface area contributed by atoms with Crippen molar-refractivity contribution in [2.75, 3.05) is 13.2 Å². The lowest BCUT2D eigenvalue weighted by Crippen LogP contribution is -2.26. The van der Waals surface area contributed by atoms with Crippen LogP contribution in [0.4, 0.5) is 4.39 Å². The Labute approximate surface area is 101 Å². The Morgan fingerprint density at radius 3 is 2.82 bits per heavy atom. The number of unbranched alkanes of at least 4 members (excludes halogenated alkanes) is 2. The normalized spacial score (nSPS) is 10.2. The monoisotopic (exact) mass is 239 g/mol. The van der Waals surface area contributed by atoms with Gasteiger partial charge in [-0.1, -0.05) is 12.1 Å². The summed E-state index contributed by atoms with van der Waals surface area (Å²) in [6.07, 6.45) is 2.73. The second-order valence-corrected chi connectivity index (χ2v) is 3.94. The molecule has 4 heteroatoms. The minimum Gasteiger partial charge on any atom is -0.396 e. The van der Waals surface area contributed by atoms with Crippen LogP contribution in [0.1, 0.15) is 24.8 Å². The zero-order chi connectivity index (χ0) is 12.5. The fourth-order valence-corrected chi connectivity index (χ4v) is 1.54. The van der Waals surface area contributed by atoms with Crippen molar-refractivity contribution in [3.63, 3.8) is 0 Å². The third-order valence-electron chi connectivity index (χ3n) is 2.41. The van der Waals surface area contributed by atoms with Crippen molar-refractivity contribution in [3.05, 3.63) is 35.6 Å². The molecule has 0 aromatic heterocycles. The van der Waals surface area contributed by atoms with E-state index in [4.69, 9.17) is 5.11 Å². The van der Waals surface area contributed by atoms with Gasteiger partial charge in [-0.05, 0) is 37.0 Å². The molecule has 1 aromatic rings. The minimum absolute atomic E-state index is 0.0976. The summed E-state index contributed by atoms with van der Waals surface area (Å²) < 4.78 is 12.9. The summed E-state index contributed by atoms with van der Waals surface area (Å²) in [7, 11) is 0. The maximum Gasteiger partial charge on any atom is 0.224 e. The van der Waals surface area contributed by atoms with Gasteiger partial charge in [0, 0.05) is 13.2 Å². The smallest absolute Gasteiger partial charge is 0.224 e. The summed E-state index contributed by atoms with van der Waals surface area (Å²) in [6, 6.07) is 6.05. The highest BCUT2D eigenvalue weighted by molar-refractivity contribution is 5.78. The Kier molecular flexibility index (Phi) is 6.25. The maximum atomic E-state index is 12.9. The molecule has 17 heavy (non-hydrogen) atoms. The number of nitrogens with one attached hydrogen (secondary N) is 1. The fourth-order valence-electron chi connectivity index (χ4n) is 1.54. The molecule has 0 bridgehead atoms. The van der Waals surface area contributed by atoms with Crippen molar-refractivity contribution in [3.8, 4) is 0 Å². The van der Waals surface area contributed by atoms with E-state index in [1.54, 1.807) is 12.1 Å². The zero-order valence-electron chi connectivity index (χ0n) is 9.79. The molecule has 3 nitrogen and oxygen atoms in total. The first-order valence-electron chi connectivity index (χ1n) is 5.84. The second-order valence-electron chi connectivity index (χ2n) is 3.94. The number of carbonyl (C=O) groups excluding carboxylic acids is 1. The molecular formula is C13H18FNO2. The highest BCUT2D eigenvalue weighted by atomic mass is 19.1. The van der Waals surface area contributed by atoms with Gasteiger partial charge in [0.2, 0.25) is 5.91 Å². The van der Waals surface area contributed by atoms with Crippen LogP contribution in [0.3, 0.4) is 0 Å². The molecule has 0 aliphatic rings. The maximum absolute atomic E-state index is 12.9. The molecule has 0 unspecified atom stereocenters. The molecule has 0 radical (unpaired) electrons. The van der Waals surface area contributed by atoms with Crippen molar-refractivity contribution in [1.82, 2.24) is 5.32 Å². The van der Waals surface area contributed by atoms with Gasteiger partial charge >= 0.3 is 0 Å². The molecule has 0 heterocycles. The summed E-state index contributed by atoms with van der Waals surface area (Å²) in [4.78, 5) is 11.5. The van der Waals surface area contributed by atoms with E-state index in [0.717, 1.165) is 19.3 Å². The fraction of sp³-hybridized carbons (Fsp3) is 0.462. The molecule has 0 aliphatic carbocycles. The lowest BCUT2D eigenvalue weighted by Gasteiger charge is -2.05. The number of hydrogen-bond acceptors (Lipinski definition) is 2. The van der Waals surface area contributed by atoms with Crippen LogP contribution in [0, 0.1) is 5.82 Å². The molecule has 0 spiro atoms. The number of aliphatic hydroxyl groups excluding tert-OH is 1. The van der Waals surface area contributed by atoms with Crippen LogP contribution in [0.5, 0.6) is 0 Å². The highest BCUT2D eigenvalue weighted by Crippen LogP contribution is 2.04. The Bertz CT molecular complexity index is 355. The average Bonchev–Trinajstić information content (AvgIpc) is 2.29. The number of rotatable bonds is 7. The largest absolute Gasteiger partial charge is 0.396 e. The number of hydrogen-bond donors (Lipinski definition) is 2. The van der Waals surface area contributed by atoms with Gasteiger partial charge in [0.1, 0.15) is 5.82 Å². The molecule has 0 saturated carbocycles. The van der Waals surface area contributed by atoms with Crippen molar-refractivity contribution >= 4 is 5.91 Å². The van der Waals surface area contributed by atoms with Crippen LogP contribution < -0.4 is 5.32 Å². The van der Waals surface area contributed by atoms with E-state index in [-0.39, 0.29) is 24.8 Å². The quantitative estimate of drug-likeness (QED) is 0.711. The topological polar surface area (TPSA) is 49.3 Å². The molecule has 0 fully saturated rings. The van der Waals surface area contributed by atoms with E-state index in [2.05, 4.69) is 5.32 Å². The lowest BCUT2D eigenvalue weighted by atomic mass is 10.1. The van der Waals surface area contributed by atoms with E-state index >= 15 is 0 Å². The van der Waals surface area contributed by atoms with Crippen molar-refractivity contribution in [1.29, 1.82) is 0 Å². The number of amides is 1. The number of benzene rings is 1. The molecule has 2 N–H and O–H groups in total. The molecule has 1 rings (SSSR count). The van der Waals surface area contributed by atoms with Crippen molar-refractivity contribution < 1.29 is 14.3 Å². The third kappa shape index (κ3) is 6.02. The number of carbonyl (C=O) groups is 1. The van der Waals surface area contributed by atoms with Crippen LogP contribution in [0.25, 0.3) is 0 Å². The molecule has 0 saturated heterocycles. The third-order valence-corrected chi connectivity index (χ3v) is 2.41. The molecule has 0 aliphatic heterocycles. The molecule has 1 aromatic carbocycles. The zero-order valence-corrected chi connectivity index (χ0v) is 9.79. The second kappa shape index (κ2) is 7.79. The number of halogens is 1. The summed E-state index contributed by atoms with van der Waals surface area (Å²) in [6.45, 7) is 0.797. The van der Waals surface area contributed by atoms with Gasteiger partial charge < -0.3 is 10.4 Å². The number of aliphatic hydroxyl groups is 1. The van der Waals surface area contributed by atoms with E-state index in [9.17, 15) is 9.18 Å². The van der Waals surface area contributed by atoms with Gasteiger partial charge in [0.05, 0.1) is 6.42 Å². The molecular weight excluding hydrogens is 221 g/mol. The van der Waals surface area contributed by atoms with E-state index in [1.807, 2.05) is 0 Å². The standard InChI is InChI=1S/C13H18FNO2/c14-12-6-4-5-11(9-12)10-13(17)15-7-2-1-3-8-16/h4-6,9,16H,1-3,7-8,10H2,(H,15,17). The highest BCUT2D eigenvalue weighted by Gasteiger charge is 2.03. The van der Waals surface area contributed by atoms with Gasteiger partial charge in [-0.2, -0.15) is 0 Å². The molecule has 1 amide bonds. The van der Waals surface area contributed by atoms with Crippen LogP contribution in [-0.2, 0) is 11.2 Å². The summed E-state index contributed by atoms with van der Waals surface area (Å²) in [5.74, 6) is -0.419. The lowest BCUT2D eigenvalue weighted by molar-refractivity contribution is -0.120. The first kappa shape index (κ1) is 13.6. The summed E-state index contributed by atoms with van der Waals surface area (Å²) >= 11 is 0. The van der Waals surface area contributed by atoms with Gasteiger partial charge in [-0.15, -0.1) is 0 Å². The van der Waals surface area contributed by atoms with Gasteiger partial charge in [0.15, 0.2) is 0 Å². The van der Waals surface area contributed by atoms with Gasteiger partial charge in [0.25, 0.3) is 0 Å². The van der Waals surface area contributed by atoms with E-state index in [1.165, 1.54) is 12.1 Å². The van der Waals surface area contributed by atoms with E-state index in [0.29, 0.717) is 12.1 Å². The van der Waals surface area contributed by atoms with Crippen LogP contribution in [0.15, 0.2) is 24.3 Å². The predicted octanol–water partition coefficient (Wildman–Crippen LogP) is 1.65. The van der Waals surface area contributed by atoms with Crippen LogP contribution >= 0.6 is 0 Å². The average molecular weight is 239 g/mol. The first-order chi connectivity index (χ1) is 8.22. The van der Waals surface area contributed by atoms with E-state index < -0.39 is 0 Å². The van der Waals surface area contributed by atoms with Gasteiger partial charge in [-0.25, -0.2) is 4.39 Å². The summed E-state index contributed by atoms with van der Waals surface area (Å²) in [5.41, 5.74) is 0.679. The predicted molar refractivity (Wildman–Crippen MR) is 64.1 cm³/mol. The molecule has 0 atom stereocenters. The van der Waals surface area contributed by atoms with Gasteiger partial charge in [-0.3, -0.25) is 4.79 Å². The first-order valence-corrected chi connectivity index (χ1v) is 5.84. The summed E-state index contributed by atoms with van der Waals surface area (Å²) in [5, 5.41) is 11.3. The SMILES string of the molecule is O=C(Cc1cccc(F)c1)NCCCCCO. The Morgan fingerprint density at radius 1 is 1.29 bits per heavy atom. The van der Waals surface area contributed by atoms with Crippen LogP contribution in [0.2, 0.25) is 0 Å². The minimum atomic E-state index is -0.321. The van der Waals surface area contributed by atoms with Crippen molar-refractivity contribution in [2.45, 2.75) is 25.7 Å². The molecule has 94 valence electrons. The Balaban J connectivity index is 2.21. The van der Waals surface area contributed by atoms with Crippen molar-refractivity contribution in [2.24, 2.45) is 0 Å².